The van der Waals surface area contributed by atoms with Crippen LogP contribution in [0.2, 0.25) is 5.02 Å². The number of aromatic nitrogens is 1. The van der Waals surface area contributed by atoms with Crippen LogP contribution in [0.4, 0.5) is 14.6 Å². The van der Waals surface area contributed by atoms with Crippen LogP contribution in [-0.4, -0.2) is 29.6 Å². The van der Waals surface area contributed by atoms with Crippen LogP contribution < -0.4 is 10.6 Å². The quantitative estimate of drug-likeness (QED) is 0.872. The molecule has 2 N–H and O–H groups in total. The zero-order valence-electron chi connectivity index (χ0n) is 8.74. The number of rotatable bonds is 2. The summed E-state index contributed by atoms with van der Waals surface area (Å²) in [4.78, 5) is 16.2. The molecule has 0 unspecified atom stereocenters. The molecular formula is C10H10ClF2N3O. The summed E-state index contributed by atoms with van der Waals surface area (Å²) in [5.41, 5.74) is 5.14. The lowest BCUT2D eigenvalue weighted by atomic mass is 10.2. The van der Waals surface area contributed by atoms with Crippen molar-refractivity contribution >= 4 is 23.3 Å². The molecule has 1 aliphatic rings. The minimum atomic E-state index is -1.22. The molecule has 0 aromatic carbocycles. The summed E-state index contributed by atoms with van der Waals surface area (Å²) < 4.78 is 26.9. The van der Waals surface area contributed by atoms with Crippen LogP contribution in [0.15, 0.2) is 12.3 Å². The molecule has 1 fully saturated rings. The van der Waals surface area contributed by atoms with Crippen LogP contribution in [0.1, 0.15) is 6.42 Å². The highest BCUT2D eigenvalue weighted by Crippen LogP contribution is 2.28. The van der Waals surface area contributed by atoms with Gasteiger partial charge in [-0.05, 0) is 6.07 Å². The third kappa shape index (κ3) is 2.31. The third-order valence-electron chi connectivity index (χ3n) is 2.64. The number of pyridine rings is 1. The molecule has 7 heteroatoms. The van der Waals surface area contributed by atoms with Gasteiger partial charge < -0.3 is 10.6 Å². The summed E-state index contributed by atoms with van der Waals surface area (Å²) >= 11 is 5.56. The Morgan fingerprint density at radius 3 is 2.94 bits per heavy atom. The van der Waals surface area contributed by atoms with E-state index in [0.29, 0.717) is 0 Å². The highest BCUT2D eigenvalue weighted by atomic mass is 35.5. The van der Waals surface area contributed by atoms with Gasteiger partial charge in [0.2, 0.25) is 5.91 Å². The van der Waals surface area contributed by atoms with E-state index in [2.05, 4.69) is 4.98 Å². The van der Waals surface area contributed by atoms with E-state index in [1.54, 1.807) is 0 Å². The fourth-order valence-corrected chi connectivity index (χ4v) is 2.05. The Balaban J connectivity index is 2.34. The number of alkyl halides is 1. The van der Waals surface area contributed by atoms with Gasteiger partial charge in [0.15, 0.2) is 11.6 Å². The molecule has 0 bridgehead atoms. The van der Waals surface area contributed by atoms with Gasteiger partial charge in [-0.3, -0.25) is 4.79 Å². The van der Waals surface area contributed by atoms with Crippen LogP contribution in [0.5, 0.6) is 0 Å². The maximum Gasteiger partial charge on any atom is 0.240 e. The number of hydrogen-bond acceptors (Lipinski definition) is 3. The van der Waals surface area contributed by atoms with Crippen LogP contribution in [0.3, 0.4) is 0 Å². The van der Waals surface area contributed by atoms with Crippen molar-refractivity contribution in [3.63, 3.8) is 0 Å². The Kier molecular flexibility index (Phi) is 3.15. The van der Waals surface area contributed by atoms with E-state index in [4.69, 9.17) is 17.3 Å². The summed E-state index contributed by atoms with van der Waals surface area (Å²) in [7, 11) is 0. The zero-order valence-corrected chi connectivity index (χ0v) is 9.49. The first kappa shape index (κ1) is 12.0. The van der Waals surface area contributed by atoms with E-state index in [0.717, 1.165) is 6.07 Å². The molecule has 4 nitrogen and oxygen atoms in total. The van der Waals surface area contributed by atoms with Gasteiger partial charge in [0.1, 0.15) is 12.2 Å². The zero-order chi connectivity index (χ0) is 12.6. The molecule has 17 heavy (non-hydrogen) atoms. The second kappa shape index (κ2) is 4.44. The van der Waals surface area contributed by atoms with E-state index in [-0.39, 0.29) is 23.8 Å². The molecule has 2 atom stereocenters. The molecule has 0 saturated carbocycles. The Bertz CT molecular complexity index is 457. The predicted molar refractivity (Wildman–Crippen MR) is 59.0 cm³/mol. The first-order valence-corrected chi connectivity index (χ1v) is 5.38. The van der Waals surface area contributed by atoms with Crippen molar-refractivity contribution in [2.75, 3.05) is 11.4 Å². The maximum absolute atomic E-state index is 13.6. The summed E-state index contributed by atoms with van der Waals surface area (Å²) in [5, 5.41) is 0.137. The van der Waals surface area contributed by atoms with Gasteiger partial charge in [0, 0.05) is 12.6 Å². The topological polar surface area (TPSA) is 59.2 Å². The van der Waals surface area contributed by atoms with Crippen molar-refractivity contribution in [3.8, 4) is 0 Å². The van der Waals surface area contributed by atoms with Crippen molar-refractivity contribution in [1.82, 2.24) is 4.98 Å². The summed E-state index contributed by atoms with van der Waals surface area (Å²) in [6.07, 6.45) is -0.0211. The molecule has 0 aliphatic carbocycles. The first-order chi connectivity index (χ1) is 7.99. The minimum absolute atomic E-state index is 0.0426. The van der Waals surface area contributed by atoms with Crippen molar-refractivity contribution in [3.05, 3.63) is 23.1 Å². The molecule has 1 aliphatic heterocycles. The number of primary amides is 1. The second-order valence-electron chi connectivity index (χ2n) is 3.86. The number of amides is 1. The Morgan fingerprint density at radius 2 is 2.35 bits per heavy atom. The van der Waals surface area contributed by atoms with Crippen molar-refractivity contribution < 1.29 is 13.6 Å². The number of halogens is 3. The lowest BCUT2D eigenvalue weighted by Crippen LogP contribution is -2.41. The first-order valence-electron chi connectivity index (χ1n) is 5.00. The largest absolute Gasteiger partial charge is 0.368 e. The second-order valence-corrected chi connectivity index (χ2v) is 4.30. The van der Waals surface area contributed by atoms with Crippen molar-refractivity contribution in [1.29, 1.82) is 0 Å². The van der Waals surface area contributed by atoms with Gasteiger partial charge in [-0.25, -0.2) is 13.8 Å². The fourth-order valence-electron chi connectivity index (χ4n) is 1.91. The van der Waals surface area contributed by atoms with Crippen molar-refractivity contribution in [2.24, 2.45) is 5.73 Å². The molecule has 1 aromatic rings. The lowest BCUT2D eigenvalue weighted by Gasteiger charge is -2.23. The molecule has 1 aromatic heterocycles. The monoisotopic (exact) mass is 261 g/mol. The van der Waals surface area contributed by atoms with Gasteiger partial charge in [0.05, 0.1) is 11.6 Å². The van der Waals surface area contributed by atoms with Gasteiger partial charge >= 0.3 is 0 Å². The maximum atomic E-state index is 13.6. The summed E-state index contributed by atoms with van der Waals surface area (Å²) in [6.45, 7) is -0.0981. The van der Waals surface area contributed by atoms with E-state index < -0.39 is 23.9 Å². The molecule has 92 valence electrons. The van der Waals surface area contributed by atoms with Crippen LogP contribution in [0.25, 0.3) is 0 Å². The number of carbonyl (C=O) groups is 1. The SMILES string of the molecule is NC(=O)[C@@H]1C[C@@H](F)CN1c1ncc(Cl)cc1F. The molecule has 0 radical (unpaired) electrons. The average Bonchev–Trinajstić information content (AvgIpc) is 2.60. The van der Waals surface area contributed by atoms with Crippen molar-refractivity contribution in [2.45, 2.75) is 18.6 Å². The molecule has 0 spiro atoms. The van der Waals surface area contributed by atoms with Crippen LogP contribution in [-0.2, 0) is 4.79 Å². The average molecular weight is 262 g/mol. The Hall–Kier alpha value is -1.43. The lowest BCUT2D eigenvalue weighted by molar-refractivity contribution is -0.119. The molecule has 1 saturated heterocycles. The highest BCUT2D eigenvalue weighted by molar-refractivity contribution is 6.30. The minimum Gasteiger partial charge on any atom is -0.368 e. The van der Waals surface area contributed by atoms with E-state index in [1.165, 1.54) is 11.1 Å². The fraction of sp³-hybridized carbons (Fsp3) is 0.400. The third-order valence-corrected chi connectivity index (χ3v) is 2.85. The Morgan fingerprint density at radius 1 is 1.65 bits per heavy atom. The standard InChI is InChI=1S/C10H10ClF2N3O/c11-5-1-7(13)10(15-3-5)16-4-6(12)2-8(16)9(14)17/h1,3,6,8H,2,4H2,(H2,14,17)/t6-,8+/m1/s1. The number of nitrogens with zero attached hydrogens (tertiary/aromatic N) is 2. The number of carbonyl (C=O) groups excluding carboxylic acids is 1. The molecule has 1 amide bonds. The van der Waals surface area contributed by atoms with Crippen LogP contribution >= 0.6 is 11.6 Å². The predicted octanol–water partition coefficient (Wildman–Crippen LogP) is 1.28. The van der Waals surface area contributed by atoms with E-state index >= 15 is 0 Å². The number of hydrogen-bond donors (Lipinski definition) is 1. The van der Waals surface area contributed by atoms with Gasteiger partial charge in [0.25, 0.3) is 0 Å². The smallest absolute Gasteiger partial charge is 0.240 e. The molecular weight excluding hydrogens is 252 g/mol. The van der Waals surface area contributed by atoms with Gasteiger partial charge in [-0.15, -0.1) is 0 Å². The summed E-state index contributed by atoms with van der Waals surface area (Å²) in [5.74, 6) is -1.49. The normalized spacial score (nSPS) is 24.1. The molecule has 2 heterocycles. The van der Waals surface area contributed by atoms with Gasteiger partial charge in [-0.2, -0.15) is 0 Å². The summed E-state index contributed by atoms with van der Waals surface area (Å²) in [6, 6.07) is 0.196. The molecule has 2 rings (SSSR count). The van der Waals surface area contributed by atoms with E-state index in [1.807, 2.05) is 0 Å². The van der Waals surface area contributed by atoms with E-state index in [9.17, 15) is 13.6 Å². The Labute approximate surface area is 101 Å². The number of nitrogens with two attached hydrogens (primary N) is 1. The highest BCUT2D eigenvalue weighted by Gasteiger charge is 2.37. The van der Waals surface area contributed by atoms with Crippen LogP contribution in [0, 0.1) is 5.82 Å². The van der Waals surface area contributed by atoms with Gasteiger partial charge in [-0.1, -0.05) is 11.6 Å². The number of anilines is 1.